The standard InChI is InChI=1S/C19H16ClN3O/c1-24-18(13-6-8-15(20)9-7-13)12-23-19-14(10-21)11-22-17-5-3-2-4-16(17)19/h2-9,11,18H,12H2,1H3,(H,22,23). The first-order chi connectivity index (χ1) is 11.7. The van der Waals surface area contributed by atoms with Crippen LogP contribution in [0.3, 0.4) is 0 Å². The molecular formula is C19H16ClN3O. The minimum absolute atomic E-state index is 0.152. The minimum Gasteiger partial charge on any atom is -0.380 e. The molecule has 0 radical (unpaired) electrons. The Morgan fingerprint density at radius 2 is 1.96 bits per heavy atom. The zero-order valence-electron chi connectivity index (χ0n) is 13.2. The summed E-state index contributed by atoms with van der Waals surface area (Å²) in [7, 11) is 1.66. The second-order valence-corrected chi connectivity index (χ2v) is 5.77. The Labute approximate surface area is 145 Å². The van der Waals surface area contributed by atoms with Gasteiger partial charge in [-0.1, -0.05) is 41.9 Å². The van der Waals surface area contributed by atoms with Crippen molar-refractivity contribution in [1.29, 1.82) is 5.26 Å². The molecule has 0 aliphatic rings. The highest BCUT2D eigenvalue weighted by Gasteiger charge is 2.13. The van der Waals surface area contributed by atoms with Crippen LogP contribution in [0.1, 0.15) is 17.2 Å². The number of pyridine rings is 1. The van der Waals surface area contributed by atoms with E-state index in [9.17, 15) is 5.26 Å². The van der Waals surface area contributed by atoms with Crippen LogP contribution >= 0.6 is 11.6 Å². The summed E-state index contributed by atoms with van der Waals surface area (Å²) in [6, 6.07) is 17.5. The average molecular weight is 338 g/mol. The number of hydrogen-bond donors (Lipinski definition) is 1. The van der Waals surface area contributed by atoms with Crippen LogP contribution in [0.5, 0.6) is 0 Å². The van der Waals surface area contributed by atoms with Crippen molar-refractivity contribution >= 4 is 28.2 Å². The molecule has 0 aliphatic carbocycles. The Bertz CT molecular complexity index is 887. The minimum atomic E-state index is -0.152. The fourth-order valence-corrected chi connectivity index (χ4v) is 2.75. The van der Waals surface area contributed by atoms with E-state index in [2.05, 4.69) is 16.4 Å². The van der Waals surface area contributed by atoms with Gasteiger partial charge < -0.3 is 10.1 Å². The van der Waals surface area contributed by atoms with Crippen molar-refractivity contribution in [1.82, 2.24) is 4.98 Å². The lowest BCUT2D eigenvalue weighted by molar-refractivity contribution is 0.114. The van der Waals surface area contributed by atoms with Gasteiger partial charge in [0.1, 0.15) is 6.07 Å². The van der Waals surface area contributed by atoms with Crippen LogP contribution in [-0.4, -0.2) is 18.6 Å². The van der Waals surface area contributed by atoms with Crippen LogP contribution < -0.4 is 5.32 Å². The summed E-state index contributed by atoms with van der Waals surface area (Å²) >= 11 is 5.94. The first-order valence-corrected chi connectivity index (χ1v) is 7.90. The number of halogens is 1. The molecule has 1 N–H and O–H groups in total. The number of fused-ring (bicyclic) bond motifs is 1. The van der Waals surface area contributed by atoms with Crippen molar-refractivity contribution in [3.63, 3.8) is 0 Å². The maximum absolute atomic E-state index is 9.37. The zero-order valence-corrected chi connectivity index (χ0v) is 13.9. The second kappa shape index (κ2) is 7.31. The third-order valence-electron chi connectivity index (χ3n) is 3.89. The van der Waals surface area contributed by atoms with E-state index in [-0.39, 0.29) is 6.10 Å². The van der Waals surface area contributed by atoms with E-state index in [1.165, 1.54) is 0 Å². The lowest BCUT2D eigenvalue weighted by Gasteiger charge is -2.19. The Morgan fingerprint density at radius 3 is 2.67 bits per heavy atom. The maximum atomic E-state index is 9.37. The third-order valence-corrected chi connectivity index (χ3v) is 4.14. The molecule has 0 saturated carbocycles. The number of anilines is 1. The van der Waals surface area contributed by atoms with Crippen molar-refractivity contribution in [3.8, 4) is 6.07 Å². The number of methoxy groups -OCH3 is 1. The molecule has 0 fully saturated rings. The highest BCUT2D eigenvalue weighted by molar-refractivity contribution is 6.30. The Kier molecular flexibility index (Phi) is 4.95. The molecule has 0 bridgehead atoms. The van der Waals surface area contributed by atoms with Gasteiger partial charge in [0.05, 0.1) is 22.9 Å². The number of nitrogens with one attached hydrogen (secondary N) is 1. The largest absolute Gasteiger partial charge is 0.380 e. The van der Waals surface area contributed by atoms with Gasteiger partial charge in [-0.05, 0) is 23.8 Å². The van der Waals surface area contributed by atoms with E-state index in [1.807, 2.05) is 48.5 Å². The summed E-state index contributed by atoms with van der Waals surface area (Å²) in [6.45, 7) is 0.529. The molecule has 5 heteroatoms. The molecule has 0 spiro atoms. The van der Waals surface area contributed by atoms with Gasteiger partial charge in [0, 0.05) is 30.3 Å². The molecule has 1 unspecified atom stereocenters. The molecule has 1 atom stereocenters. The van der Waals surface area contributed by atoms with Crippen LogP contribution in [0.15, 0.2) is 54.7 Å². The Balaban J connectivity index is 1.89. The summed E-state index contributed by atoms with van der Waals surface area (Å²) in [5, 5.41) is 14.3. The zero-order chi connectivity index (χ0) is 16.9. The van der Waals surface area contributed by atoms with Crippen LogP contribution in [0.25, 0.3) is 10.9 Å². The van der Waals surface area contributed by atoms with E-state index in [4.69, 9.17) is 16.3 Å². The SMILES string of the molecule is COC(CNc1c(C#N)cnc2ccccc12)c1ccc(Cl)cc1. The summed E-state index contributed by atoms with van der Waals surface area (Å²) in [4.78, 5) is 4.32. The van der Waals surface area contributed by atoms with E-state index < -0.39 is 0 Å². The summed E-state index contributed by atoms with van der Waals surface area (Å²) in [5.41, 5.74) is 3.16. The quantitative estimate of drug-likeness (QED) is 0.741. The molecule has 2 aromatic carbocycles. The monoisotopic (exact) mass is 337 g/mol. The van der Waals surface area contributed by atoms with Crippen LogP contribution in [-0.2, 0) is 4.74 Å². The van der Waals surface area contributed by atoms with Gasteiger partial charge in [0.25, 0.3) is 0 Å². The third kappa shape index (κ3) is 3.33. The Morgan fingerprint density at radius 1 is 1.21 bits per heavy atom. The molecule has 0 saturated heterocycles. The molecule has 0 amide bonds. The van der Waals surface area contributed by atoms with Crippen LogP contribution in [0, 0.1) is 11.3 Å². The van der Waals surface area contributed by atoms with Gasteiger partial charge in [-0.2, -0.15) is 5.26 Å². The summed E-state index contributed by atoms with van der Waals surface area (Å²) in [5.74, 6) is 0. The van der Waals surface area contributed by atoms with E-state index >= 15 is 0 Å². The average Bonchev–Trinajstić information content (AvgIpc) is 2.63. The van der Waals surface area contributed by atoms with Gasteiger partial charge in [0.15, 0.2) is 0 Å². The fourth-order valence-electron chi connectivity index (χ4n) is 2.63. The van der Waals surface area contributed by atoms with E-state index in [0.717, 1.165) is 22.2 Å². The lowest BCUT2D eigenvalue weighted by atomic mass is 10.1. The predicted octanol–water partition coefficient (Wildman–Crippen LogP) is 4.56. The van der Waals surface area contributed by atoms with Gasteiger partial charge in [0.2, 0.25) is 0 Å². The molecule has 1 aromatic heterocycles. The lowest BCUT2D eigenvalue weighted by Crippen LogP contribution is -2.15. The molecule has 0 aliphatic heterocycles. The van der Waals surface area contributed by atoms with Crippen LogP contribution in [0.2, 0.25) is 5.02 Å². The number of benzene rings is 2. The number of rotatable bonds is 5. The number of para-hydroxylation sites is 1. The highest BCUT2D eigenvalue weighted by Crippen LogP contribution is 2.27. The highest BCUT2D eigenvalue weighted by atomic mass is 35.5. The molecule has 1 heterocycles. The van der Waals surface area contributed by atoms with E-state index in [0.29, 0.717) is 17.1 Å². The maximum Gasteiger partial charge on any atom is 0.103 e. The van der Waals surface area contributed by atoms with Crippen molar-refractivity contribution in [3.05, 3.63) is 70.9 Å². The number of nitrogens with zero attached hydrogens (tertiary/aromatic N) is 2. The first kappa shape index (κ1) is 16.3. The Hall–Kier alpha value is -2.61. The van der Waals surface area contributed by atoms with Gasteiger partial charge in [-0.3, -0.25) is 4.98 Å². The normalized spacial score (nSPS) is 11.9. The van der Waals surface area contributed by atoms with Gasteiger partial charge in [-0.15, -0.1) is 0 Å². The second-order valence-electron chi connectivity index (χ2n) is 5.33. The fraction of sp³-hybridized carbons (Fsp3) is 0.158. The predicted molar refractivity (Wildman–Crippen MR) is 96.1 cm³/mol. The molecule has 3 aromatic rings. The number of ether oxygens (including phenoxy) is 1. The van der Waals surface area contributed by atoms with Crippen LogP contribution in [0.4, 0.5) is 5.69 Å². The van der Waals surface area contributed by atoms with Crippen molar-refractivity contribution in [2.24, 2.45) is 0 Å². The van der Waals surface area contributed by atoms with Gasteiger partial charge >= 0.3 is 0 Å². The number of aromatic nitrogens is 1. The molecule has 120 valence electrons. The number of hydrogen-bond acceptors (Lipinski definition) is 4. The van der Waals surface area contributed by atoms with E-state index in [1.54, 1.807) is 13.3 Å². The topological polar surface area (TPSA) is 57.9 Å². The summed E-state index contributed by atoms with van der Waals surface area (Å²) < 4.78 is 5.58. The first-order valence-electron chi connectivity index (χ1n) is 7.53. The molecule has 24 heavy (non-hydrogen) atoms. The van der Waals surface area contributed by atoms with Gasteiger partial charge in [-0.25, -0.2) is 0 Å². The smallest absolute Gasteiger partial charge is 0.103 e. The van der Waals surface area contributed by atoms with Crippen molar-refractivity contribution in [2.45, 2.75) is 6.10 Å². The van der Waals surface area contributed by atoms with Crippen molar-refractivity contribution < 1.29 is 4.74 Å². The molecule has 3 rings (SSSR count). The molecular weight excluding hydrogens is 322 g/mol. The molecule has 4 nitrogen and oxygen atoms in total. The summed E-state index contributed by atoms with van der Waals surface area (Å²) in [6.07, 6.45) is 1.44. The number of nitriles is 1. The van der Waals surface area contributed by atoms with Crippen molar-refractivity contribution in [2.75, 3.05) is 19.0 Å².